The van der Waals surface area contributed by atoms with Crippen LogP contribution < -0.4 is 0 Å². The first-order valence-corrected chi connectivity index (χ1v) is 8.28. The van der Waals surface area contributed by atoms with E-state index < -0.39 is 11.7 Å². The van der Waals surface area contributed by atoms with Crippen molar-refractivity contribution >= 4 is 23.5 Å². The number of hydrogen-bond acceptors (Lipinski definition) is 4. The van der Waals surface area contributed by atoms with Gasteiger partial charge in [-0.15, -0.1) is 0 Å². The molecule has 0 aliphatic rings. The molecule has 0 saturated carbocycles. The van der Waals surface area contributed by atoms with Crippen LogP contribution in [-0.4, -0.2) is 16.2 Å². The van der Waals surface area contributed by atoms with Crippen LogP contribution in [0.2, 0.25) is 0 Å². The molecule has 1 heterocycles. The minimum atomic E-state index is -4.33. The first-order chi connectivity index (χ1) is 9.88. The number of benzene rings is 1. The third-order valence-electron chi connectivity index (χ3n) is 2.54. The Morgan fingerprint density at radius 1 is 1.14 bits per heavy atom. The molecule has 0 fully saturated rings. The Hall–Kier alpha value is -1.21. The second-order valence-electron chi connectivity index (χ2n) is 4.31. The van der Waals surface area contributed by atoms with Gasteiger partial charge in [0.15, 0.2) is 0 Å². The van der Waals surface area contributed by atoms with Gasteiger partial charge in [-0.25, -0.2) is 9.97 Å². The predicted molar refractivity (Wildman–Crippen MR) is 79.6 cm³/mol. The molecule has 1 aromatic heterocycles. The lowest BCUT2D eigenvalue weighted by molar-refractivity contribution is -0.137. The normalized spacial score (nSPS) is 11.7. The van der Waals surface area contributed by atoms with Crippen LogP contribution in [-0.2, 0) is 11.9 Å². The summed E-state index contributed by atoms with van der Waals surface area (Å²) < 4.78 is 38.1. The van der Waals surface area contributed by atoms with E-state index in [4.69, 9.17) is 0 Å². The van der Waals surface area contributed by atoms with E-state index in [9.17, 15) is 13.2 Å². The highest BCUT2D eigenvalue weighted by Gasteiger charge is 2.30. The molecule has 0 atom stereocenters. The van der Waals surface area contributed by atoms with E-state index in [0.29, 0.717) is 15.7 Å². The Bertz CT molecular complexity index is 630. The lowest BCUT2D eigenvalue weighted by Crippen LogP contribution is -2.04. The first-order valence-electron chi connectivity index (χ1n) is 6.07. The molecule has 0 amide bonds. The molecule has 0 N–H and O–H groups in total. The van der Waals surface area contributed by atoms with Crippen molar-refractivity contribution in [2.75, 3.05) is 6.26 Å². The molecular formula is C14H13F3N2S2. The van der Waals surface area contributed by atoms with Crippen molar-refractivity contribution in [1.82, 2.24) is 9.97 Å². The van der Waals surface area contributed by atoms with Crippen molar-refractivity contribution in [1.29, 1.82) is 0 Å². The molecule has 112 valence electrons. The van der Waals surface area contributed by atoms with Gasteiger partial charge < -0.3 is 0 Å². The van der Waals surface area contributed by atoms with Gasteiger partial charge in [-0.2, -0.15) is 24.9 Å². The molecule has 0 unspecified atom stereocenters. The summed E-state index contributed by atoms with van der Waals surface area (Å²) in [5.41, 5.74) is 0.229. The largest absolute Gasteiger partial charge is 0.416 e. The predicted octanol–water partition coefficient (Wildman–Crippen LogP) is 4.82. The number of rotatable bonds is 4. The molecule has 0 spiro atoms. The van der Waals surface area contributed by atoms with E-state index >= 15 is 0 Å². The number of nitrogens with zero attached hydrogens (tertiary/aromatic N) is 2. The van der Waals surface area contributed by atoms with Crippen molar-refractivity contribution < 1.29 is 13.2 Å². The van der Waals surface area contributed by atoms with Gasteiger partial charge in [0.05, 0.1) is 11.3 Å². The molecule has 0 saturated heterocycles. The van der Waals surface area contributed by atoms with Gasteiger partial charge in [0.1, 0.15) is 10.9 Å². The molecule has 0 radical (unpaired) electrons. The highest BCUT2D eigenvalue weighted by molar-refractivity contribution is 7.99. The van der Waals surface area contributed by atoms with E-state index in [2.05, 4.69) is 9.97 Å². The van der Waals surface area contributed by atoms with Gasteiger partial charge in [-0.1, -0.05) is 17.8 Å². The first kappa shape index (κ1) is 16.2. The third kappa shape index (κ3) is 4.64. The van der Waals surface area contributed by atoms with E-state index in [1.165, 1.54) is 17.8 Å². The number of hydrogen-bond donors (Lipinski definition) is 0. The summed E-state index contributed by atoms with van der Waals surface area (Å²) in [5, 5.41) is 0.658. The molecule has 2 aromatic rings. The van der Waals surface area contributed by atoms with E-state index in [1.807, 2.05) is 12.3 Å². The second kappa shape index (κ2) is 6.70. The van der Waals surface area contributed by atoms with Crippen LogP contribution in [0, 0.1) is 6.92 Å². The summed E-state index contributed by atoms with van der Waals surface area (Å²) in [6.45, 7) is 1.78. The molecular weight excluding hydrogens is 317 g/mol. The van der Waals surface area contributed by atoms with Gasteiger partial charge in [-0.05, 0) is 37.4 Å². The van der Waals surface area contributed by atoms with Crippen molar-refractivity contribution in [2.45, 2.75) is 28.8 Å². The number of aromatic nitrogens is 2. The van der Waals surface area contributed by atoms with Gasteiger partial charge >= 0.3 is 6.18 Å². The van der Waals surface area contributed by atoms with Crippen LogP contribution in [0.3, 0.4) is 0 Å². The van der Waals surface area contributed by atoms with E-state index in [-0.39, 0.29) is 0 Å². The van der Waals surface area contributed by atoms with Gasteiger partial charge in [0, 0.05) is 10.6 Å². The third-order valence-corrected chi connectivity index (χ3v) is 4.04. The van der Waals surface area contributed by atoms with Crippen LogP contribution in [0.1, 0.15) is 17.1 Å². The number of alkyl halides is 3. The van der Waals surface area contributed by atoms with Crippen LogP contribution in [0.4, 0.5) is 13.2 Å². The summed E-state index contributed by atoms with van der Waals surface area (Å²) in [6, 6.07) is 7.06. The fourth-order valence-corrected chi connectivity index (χ4v) is 3.12. The van der Waals surface area contributed by atoms with Crippen LogP contribution in [0.25, 0.3) is 0 Å². The molecule has 0 bridgehead atoms. The minimum absolute atomic E-state index is 0.512. The Kier molecular flexibility index (Phi) is 5.16. The average molecular weight is 330 g/mol. The Morgan fingerprint density at radius 3 is 2.57 bits per heavy atom. The summed E-state index contributed by atoms with van der Waals surface area (Å²) in [5.74, 6) is 1.37. The number of halogens is 3. The molecule has 21 heavy (non-hydrogen) atoms. The summed E-state index contributed by atoms with van der Waals surface area (Å²) in [7, 11) is 0. The van der Waals surface area contributed by atoms with Gasteiger partial charge in [0.25, 0.3) is 0 Å². The zero-order chi connectivity index (χ0) is 15.5. The molecule has 1 aromatic carbocycles. The number of thioether (sulfide) groups is 1. The SMILES string of the molecule is CSCc1cc(Sc2cccc(C(F)(F)F)c2)nc(C)n1. The van der Waals surface area contributed by atoms with Crippen LogP contribution in [0.15, 0.2) is 40.3 Å². The summed E-state index contributed by atoms with van der Waals surface area (Å²) in [6.07, 6.45) is -2.36. The zero-order valence-electron chi connectivity index (χ0n) is 11.4. The topological polar surface area (TPSA) is 25.8 Å². The maximum Gasteiger partial charge on any atom is 0.416 e. The molecule has 2 nitrogen and oxygen atoms in total. The molecule has 7 heteroatoms. The standard InChI is InChI=1S/C14H13F3N2S2/c1-9-18-11(8-20-2)7-13(19-9)21-12-5-3-4-10(6-12)14(15,16)17/h3-7H,8H2,1-2H3. The summed E-state index contributed by atoms with van der Waals surface area (Å²) in [4.78, 5) is 9.07. The fourth-order valence-electron chi connectivity index (χ4n) is 1.73. The minimum Gasteiger partial charge on any atom is -0.237 e. The van der Waals surface area contributed by atoms with Crippen molar-refractivity contribution in [3.8, 4) is 0 Å². The van der Waals surface area contributed by atoms with Crippen molar-refractivity contribution in [3.63, 3.8) is 0 Å². The van der Waals surface area contributed by atoms with Crippen LogP contribution in [0.5, 0.6) is 0 Å². The Morgan fingerprint density at radius 2 is 1.90 bits per heavy atom. The fraction of sp³-hybridized carbons (Fsp3) is 0.286. The number of aryl methyl sites for hydroxylation is 1. The Labute approximate surface area is 129 Å². The second-order valence-corrected chi connectivity index (χ2v) is 6.27. The Balaban J connectivity index is 2.26. The van der Waals surface area contributed by atoms with E-state index in [0.717, 1.165) is 23.6 Å². The highest BCUT2D eigenvalue weighted by atomic mass is 32.2. The van der Waals surface area contributed by atoms with Gasteiger partial charge in [-0.3, -0.25) is 0 Å². The van der Waals surface area contributed by atoms with Crippen LogP contribution >= 0.6 is 23.5 Å². The highest BCUT2D eigenvalue weighted by Crippen LogP contribution is 2.34. The lowest BCUT2D eigenvalue weighted by atomic mass is 10.2. The smallest absolute Gasteiger partial charge is 0.237 e. The van der Waals surface area contributed by atoms with Crippen molar-refractivity contribution in [2.24, 2.45) is 0 Å². The monoisotopic (exact) mass is 330 g/mol. The zero-order valence-corrected chi connectivity index (χ0v) is 13.1. The molecule has 2 rings (SSSR count). The van der Waals surface area contributed by atoms with Gasteiger partial charge in [0.2, 0.25) is 0 Å². The summed E-state index contributed by atoms with van der Waals surface area (Å²) >= 11 is 2.85. The lowest BCUT2D eigenvalue weighted by Gasteiger charge is -2.09. The average Bonchev–Trinajstić information content (AvgIpc) is 2.37. The molecule has 0 aliphatic carbocycles. The maximum atomic E-state index is 12.7. The molecule has 0 aliphatic heterocycles. The quantitative estimate of drug-likeness (QED) is 0.751. The van der Waals surface area contributed by atoms with Crippen molar-refractivity contribution in [3.05, 3.63) is 47.4 Å². The van der Waals surface area contributed by atoms with E-state index in [1.54, 1.807) is 24.8 Å². The maximum absolute atomic E-state index is 12.7.